The number of esters is 1. The number of rotatable bonds is 17. The molecule has 10 heteroatoms. The lowest BCUT2D eigenvalue weighted by Gasteiger charge is -2.20. The average molecular weight is 576 g/mol. The summed E-state index contributed by atoms with van der Waals surface area (Å²) in [4.78, 5) is 12.2. The third-order valence-corrected chi connectivity index (χ3v) is 9.43. The molecule has 0 amide bonds. The van der Waals surface area contributed by atoms with Crippen molar-refractivity contribution in [2.75, 3.05) is 30.9 Å². The molecule has 6 atom stereocenters. The van der Waals surface area contributed by atoms with Crippen LogP contribution in [-0.2, 0) is 4.79 Å². The molecule has 4 unspecified atom stereocenters. The van der Waals surface area contributed by atoms with Crippen LogP contribution in [0.4, 0.5) is 0 Å². The van der Waals surface area contributed by atoms with E-state index in [1.807, 2.05) is 12.2 Å². The van der Waals surface area contributed by atoms with Crippen LogP contribution in [0.2, 0.25) is 0 Å². The Hall–Kier alpha value is -0.940. The second-order valence-electron chi connectivity index (χ2n) is 9.36. The third kappa shape index (κ3) is 11.4. The summed E-state index contributed by atoms with van der Waals surface area (Å²) in [5.41, 5.74) is 0.536. The molecule has 1 saturated carbocycles. The maximum absolute atomic E-state index is 12.2. The van der Waals surface area contributed by atoms with Gasteiger partial charge in [0.05, 0.1) is 24.1 Å². The number of thioether (sulfide) groups is 2. The van der Waals surface area contributed by atoms with Crippen molar-refractivity contribution in [3.8, 4) is 11.5 Å². The monoisotopic (exact) mass is 575 g/mol. The Morgan fingerprint density at radius 1 is 1.27 bits per heavy atom. The predicted octanol–water partition coefficient (Wildman–Crippen LogP) is 4.26. The van der Waals surface area contributed by atoms with Crippen molar-refractivity contribution in [1.82, 2.24) is 5.32 Å². The van der Waals surface area contributed by atoms with Gasteiger partial charge in [-0.3, -0.25) is 4.79 Å². The first-order chi connectivity index (χ1) is 17.8. The Morgan fingerprint density at radius 2 is 2.05 bits per heavy atom. The number of ether oxygens (including phenoxy) is 1. The van der Waals surface area contributed by atoms with E-state index < -0.39 is 24.3 Å². The number of carbonyl (C=O) groups is 1. The molecule has 0 spiro atoms. The fraction of sp³-hybridized carbons (Fsp3) is 0.667. The van der Waals surface area contributed by atoms with Gasteiger partial charge in [0.25, 0.3) is 0 Å². The molecule has 1 aromatic carbocycles. The molecule has 1 aromatic rings. The second-order valence-corrected chi connectivity index (χ2v) is 12.3. The Morgan fingerprint density at radius 3 is 2.76 bits per heavy atom. The summed E-state index contributed by atoms with van der Waals surface area (Å²) in [6.07, 6.45) is 7.37. The fourth-order valence-electron chi connectivity index (χ4n) is 4.22. The number of benzene rings is 1. The second kappa shape index (κ2) is 17.6. The quantitative estimate of drug-likeness (QED) is 0.0610. The molecule has 7 nitrogen and oxygen atoms in total. The molecular weight excluding hydrogens is 534 g/mol. The van der Waals surface area contributed by atoms with Crippen molar-refractivity contribution in [2.24, 2.45) is 5.92 Å². The Labute approximate surface area is 234 Å². The number of hydrogen-bond donors (Lipinski definition) is 5. The number of phenolic OH excluding ortho intramolecular Hbond substituents is 1. The van der Waals surface area contributed by atoms with Gasteiger partial charge in [0.2, 0.25) is 0 Å². The van der Waals surface area contributed by atoms with Crippen LogP contribution < -0.4 is 10.1 Å². The van der Waals surface area contributed by atoms with Gasteiger partial charge < -0.3 is 30.5 Å². The largest absolute Gasteiger partial charge is 0.504 e. The van der Waals surface area contributed by atoms with E-state index >= 15 is 0 Å². The number of halogens is 1. The molecule has 1 aliphatic rings. The van der Waals surface area contributed by atoms with Crippen LogP contribution in [-0.4, -0.2) is 80.1 Å². The van der Waals surface area contributed by atoms with E-state index in [-0.39, 0.29) is 33.8 Å². The molecule has 2 rings (SSSR count). The molecule has 5 N–H and O–H groups in total. The number of aliphatic hydroxyl groups excluding tert-OH is 3. The minimum atomic E-state index is -0.760. The lowest BCUT2D eigenvalue weighted by Crippen LogP contribution is -2.22. The van der Waals surface area contributed by atoms with Crippen LogP contribution in [0, 0.1) is 5.92 Å². The van der Waals surface area contributed by atoms with Crippen molar-refractivity contribution in [3.63, 3.8) is 0 Å². The number of unbranched alkanes of at least 4 members (excludes halogenated alkanes) is 2. The van der Waals surface area contributed by atoms with Crippen molar-refractivity contribution >= 4 is 41.1 Å². The highest BCUT2D eigenvalue weighted by Crippen LogP contribution is 2.40. The molecule has 37 heavy (non-hydrogen) atoms. The zero-order valence-corrected chi connectivity index (χ0v) is 24.1. The number of alkyl halides is 1. The van der Waals surface area contributed by atoms with Crippen molar-refractivity contribution < 1.29 is 30.0 Å². The molecule has 0 aliphatic heterocycles. The van der Waals surface area contributed by atoms with Crippen LogP contribution in [0.25, 0.3) is 0 Å². The van der Waals surface area contributed by atoms with Gasteiger partial charge in [0.15, 0.2) is 11.5 Å². The summed E-state index contributed by atoms with van der Waals surface area (Å²) in [7, 11) is 1.72. The highest BCUT2D eigenvalue weighted by atomic mass is 35.5. The Bertz CT molecular complexity index is 845. The maximum Gasteiger partial charge on any atom is 0.321 e. The number of likely N-dealkylation sites (N-methyl/N-ethyl adjacent to an activating group) is 1. The number of carbonyl (C=O) groups excluding carboxylic acids is 1. The minimum Gasteiger partial charge on any atom is -0.504 e. The summed E-state index contributed by atoms with van der Waals surface area (Å²) >= 11 is 9.72. The van der Waals surface area contributed by atoms with Crippen LogP contribution in [0.5, 0.6) is 11.5 Å². The van der Waals surface area contributed by atoms with E-state index in [0.717, 1.165) is 43.6 Å². The first-order valence-electron chi connectivity index (χ1n) is 13.0. The smallest absolute Gasteiger partial charge is 0.321 e. The molecule has 0 bridgehead atoms. The van der Waals surface area contributed by atoms with Gasteiger partial charge in [0.1, 0.15) is 0 Å². The summed E-state index contributed by atoms with van der Waals surface area (Å²) in [6.45, 7) is 2.48. The highest BCUT2D eigenvalue weighted by Gasteiger charge is 2.40. The van der Waals surface area contributed by atoms with E-state index in [1.165, 1.54) is 23.9 Å². The fourth-order valence-corrected chi connectivity index (χ4v) is 7.09. The number of aliphatic hydroxyl groups is 3. The molecule has 1 aliphatic carbocycles. The van der Waals surface area contributed by atoms with E-state index in [9.17, 15) is 25.2 Å². The van der Waals surface area contributed by atoms with Crippen LogP contribution in [0.15, 0.2) is 30.4 Å². The number of nitrogens with one attached hydrogen (secondary N) is 1. The van der Waals surface area contributed by atoms with Gasteiger partial charge in [-0.2, -0.15) is 23.5 Å². The molecule has 0 heterocycles. The van der Waals surface area contributed by atoms with E-state index in [0.29, 0.717) is 18.5 Å². The van der Waals surface area contributed by atoms with Crippen LogP contribution in [0.1, 0.15) is 57.1 Å². The maximum atomic E-state index is 12.2. The lowest BCUT2D eigenvalue weighted by atomic mass is 10.0. The summed E-state index contributed by atoms with van der Waals surface area (Å²) < 4.78 is 5.26. The normalized spacial score (nSPS) is 23.4. The SMILES string of the molecule is CCCCCC(O)/C=C/[C@H]1C(O)CC(Cl)[C@@H]1SCCCSCC(=O)Oc1ccc(C(O)CNC)cc1O. The zero-order valence-electron chi connectivity index (χ0n) is 21.7. The molecule has 1 fully saturated rings. The zero-order chi connectivity index (χ0) is 27.2. The van der Waals surface area contributed by atoms with Gasteiger partial charge in [0, 0.05) is 23.1 Å². The topological polar surface area (TPSA) is 119 Å². The standard InChI is InChI=1S/C27H42ClNO6S2/c1-3-4-5-7-19(30)9-10-20-22(31)15-21(28)27(20)37-13-6-12-36-17-26(34)35-25-11-8-18(14-23(25)32)24(33)16-29-2/h8-11,14,19-22,24,27,29-33H,3-7,12-13,15-17H2,1-2H3/b10-9+/t19?,20-,21?,22?,24?,27+/m0/s1. The van der Waals surface area contributed by atoms with Crippen molar-refractivity contribution in [3.05, 3.63) is 35.9 Å². The summed E-state index contributed by atoms with van der Waals surface area (Å²) in [5.74, 6) is 1.15. The van der Waals surface area contributed by atoms with Crippen molar-refractivity contribution in [1.29, 1.82) is 0 Å². The minimum absolute atomic E-state index is 0.0732. The van der Waals surface area contributed by atoms with Gasteiger partial charge in [-0.05, 0) is 55.5 Å². The van der Waals surface area contributed by atoms with Gasteiger partial charge in [-0.1, -0.05) is 44.4 Å². The van der Waals surface area contributed by atoms with Crippen LogP contribution in [0.3, 0.4) is 0 Å². The van der Waals surface area contributed by atoms with Gasteiger partial charge in [-0.25, -0.2) is 0 Å². The van der Waals surface area contributed by atoms with E-state index in [4.69, 9.17) is 16.3 Å². The van der Waals surface area contributed by atoms with Gasteiger partial charge in [-0.15, -0.1) is 11.6 Å². The number of phenols is 1. The molecule has 0 radical (unpaired) electrons. The van der Waals surface area contributed by atoms with Crippen molar-refractivity contribution in [2.45, 2.75) is 74.4 Å². The number of hydrogen-bond acceptors (Lipinski definition) is 9. The Balaban J connectivity index is 1.69. The molecular formula is C27H42ClNO6S2. The molecule has 210 valence electrons. The lowest BCUT2D eigenvalue weighted by molar-refractivity contribution is -0.131. The average Bonchev–Trinajstić information content (AvgIpc) is 3.13. The third-order valence-electron chi connectivity index (χ3n) is 6.26. The number of aromatic hydroxyl groups is 1. The van der Waals surface area contributed by atoms with Gasteiger partial charge >= 0.3 is 5.97 Å². The Kier molecular flexibility index (Phi) is 15.4. The van der Waals surface area contributed by atoms with Crippen LogP contribution >= 0.6 is 35.1 Å². The highest BCUT2D eigenvalue weighted by molar-refractivity contribution is 8.00. The summed E-state index contributed by atoms with van der Waals surface area (Å²) in [6, 6.07) is 4.50. The van der Waals surface area contributed by atoms with E-state index in [2.05, 4.69) is 12.2 Å². The predicted molar refractivity (Wildman–Crippen MR) is 154 cm³/mol. The first-order valence-corrected chi connectivity index (χ1v) is 15.6. The molecule has 0 aromatic heterocycles. The first kappa shape index (κ1) is 32.3. The molecule has 0 saturated heterocycles. The van der Waals surface area contributed by atoms with E-state index in [1.54, 1.807) is 24.9 Å². The summed E-state index contributed by atoms with van der Waals surface area (Å²) in [5, 5.41) is 43.5.